The zero-order valence-corrected chi connectivity index (χ0v) is 15.6. The number of aryl methyl sites for hydroxylation is 2. The average molecular weight is 291 g/mol. The largest absolute Gasteiger partial charge is 0.0683 e. The second kappa shape index (κ2) is 10.9. The Hall–Kier alpha value is -0.780. The molecule has 0 aliphatic heterocycles. The molecular formula is C21H38. The van der Waals surface area contributed by atoms with E-state index in [0.29, 0.717) is 5.41 Å². The lowest BCUT2D eigenvalue weighted by molar-refractivity contribution is 0.365. The topological polar surface area (TPSA) is 0 Å². The third-order valence-corrected chi connectivity index (χ3v) is 3.66. The lowest BCUT2D eigenvalue weighted by Gasteiger charge is -2.17. The van der Waals surface area contributed by atoms with Crippen LogP contribution in [-0.2, 0) is 12.8 Å². The zero-order chi connectivity index (χ0) is 16.3. The van der Waals surface area contributed by atoms with Crippen molar-refractivity contribution in [1.82, 2.24) is 0 Å². The van der Waals surface area contributed by atoms with Crippen LogP contribution >= 0.6 is 0 Å². The van der Waals surface area contributed by atoms with Crippen LogP contribution in [0.2, 0.25) is 0 Å². The molecule has 1 aromatic rings. The van der Waals surface area contributed by atoms with Crippen LogP contribution in [0, 0.1) is 11.3 Å². The van der Waals surface area contributed by atoms with E-state index < -0.39 is 0 Å². The van der Waals surface area contributed by atoms with Crippen LogP contribution < -0.4 is 0 Å². The van der Waals surface area contributed by atoms with Crippen LogP contribution in [0.3, 0.4) is 0 Å². The summed E-state index contributed by atoms with van der Waals surface area (Å²) in [5, 5.41) is 0. The Bertz CT molecular complexity index is 337. The van der Waals surface area contributed by atoms with Gasteiger partial charge in [-0.05, 0) is 54.6 Å². The van der Waals surface area contributed by atoms with E-state index in [1.165, 1.54) is 49.7 Å². The van der Waals surface area contributed by atoms with Crippen LogP contribution in [0.4, 0.5) is 0 Å². The van der Waals surface area contributed by atoms with Crippen molar-refractivity contribution >= 4 is 0 Å². The summed E-state index contributed by atoms with van der Waals surface area (Å²) in [6.07, 6.45) is 7.73. The molecule has 0 bridgehead atoms. The van der Waals surface area contributed by atoms with Crippen molar-refractivity contribution in [2.45, 2.75) is 87.0 Å². The first kappa shape index (κ1) is 20.2. The smallest absolute Gasteiger partial charge is 0.0279 e. The van der Waals surface area contributed by atoms with Crippen LogP contribution in [0.5, 0.6) is 0 Å². The normalized spacial score (nSPS) is 11.2. The Balaban J connectivity index is 0.00000191. The summed E-state index contributed by atoms with van der Waals surface area (Å²) in [6.45, 7) is 15.6. The molecule has 122 valence electrons. The Labute approximate surface area is 134 Å². The van der Waals surface area contributed by atoms with E-state index in [4.69, 9.17) is 0 Å². The van der Waals surface area contributed by atoms with Gasteiger partial charge in [-0.25, -0.2) is 0 Å². The molecule has 0 radical (unpaired) electrons. The molecule has 1 aromatic carbocycles. The molecule has 0 nitrogen and oxygen atoms in total. The van der Waals surface area contributed by atoms with Gasteiger partial charge in [0.25, 0.3) is 0 Å². The standard InChI is InChI=1S/C19H32.C2H6/c1-16(2)8-6-9-17-11-13-18(14-12-17)10-7-15-19(3,4)5;1-2/h11-14,16H,6-10,15H2,1-5H3;1-2H3. The highest BCUT2D eigenvalue weighted by molar-refractivity contribution is 5.22. The van der Waals surface area contributed by atoms with Gasteiger partial charge in [0.15, 0.2) is 0 Å². The molecule has 0 aliphatic rings. The maximum Gasteiger partial charge on any atom is -0.0279 e. The minimum absolute atomic E-state index is 0.469. The molecule has 0 fully saturated rings. The average Bonchev–Trinajstić information content (AvgIpc) is 2.41. The highest BCUT2D eigenvalue weighted by Crippen LogP contribution is 2.22. The van der Waals surface area contributed by atoms with Crippen molar-refractivity contribution in [3.05, 3.63) is 35.4 Å². The van der Waals surface area contributed by atoms with Crippen molar-refractivity contribution in [2.24, 2.45) is 11.3 Å². The first-order valence-electron chi connectivity index (χ1n) is 8.94. The van der Waals surface area contributed by atoms with Gasteiger partial charge in [-0.2, -0.15) is 0 Å². The molecule has 0 atom stereocenters. The predicted octanol–water partition coefficient (Wildman–Crippen LogP) is 7.06. The van der Waals surface area contributed by atoms with Gasteiger partial charge in [0, 0.05) is 0 Å². The van der Waals surface area contributed by atoms with E-state index in [9.17, 15) is 0 Å². The van der Waals surface area contributed by atoms with Gasteiger partial charge in [-0.3, -0.25) is 0 Å². The van der Waals surface area contributed by atoms with Crippen molar-refractivity contribution in [3.63, 3.8) is 0 Å². The molecule has 0 spiro atoms. The lowest BCUT2D eigenvalue weighted by Crippen LogP contribution is -2.04. The summed E-state index contributed by atoms with van der Waals surface area (Å²) >= 11 is 0. The molecule has 0 N–H and O–H groups in total. The van der Waals surface area contributed by atoms with Gasteiger partial charge in [0.05, 0.1) is 0 Å². The summed E-state index contributed by atoms with van der Waals surface area (Å²) < 4.78 is 0. The predicted molar refractivity (Wildman–Crippen MR) is 98.0 cm³/mol. The van der Waals surface area contributed by atoms with Crippen LogP contribution in [0.25, 0.3) is 0 Å². The molecular weight excluding hydrogens is 252 g/mol. The van der Waals surface area contributed by atoms with E-state index in [-0.39, 0.29) is 0 Å². The summed E-state index contributed by atoms with van der Waals surface area (Å²) in [7, 11) is 0. The van der Waals surface area contributed by atoms with Crippen molar-refractivity contribution in [2.75, 3.05) is 0 Å². The summed E-state index contributed by atoms with van der Waals surface area (Å²) in [6, 6.07) is 9.31. The summed E-state index contributed by atoms with van der Waals surface area (Å²) in [4.78, 5) is 0. The summed E-state index contributed by atoms with van der Waals surface area (Å²) in [5.74, 6) is 0.830. The first-order chi connectivity index (χ1) is 9.87. The highest BCUT2D eigenvalue weighted by Gasteiger charge is 2.09. The van der Waals surface area contributed by atoms with Gasteiger partial charge in [-0.15, -0.1) is 0 Å². The fourth-order valence-electron chi connectivity index (χ4n) is 2.41. The van der Waals surface area contributed by atoms with Gasteiger partial charge in [-0.1, -0.05) is 79.2 Å². The lowest BCUT2D eigenvalue weighted by atomic mass is 9.89. The van der Waals surface area contributed by atoms with Crippen molar-refractivity contribution in [3.8, 4) is 0 Å². The Kier molecular flexibility index (Phi) is 10.5. The Morgan fingerprint density at radius 1 is 0.810 bits per heavy atom. The maximum absolute atomic E-state index is 2.33. The van der Waals surface area contributed by atoms with E-state index >= 15 is 0 Å². The highest BCUT2D eigenvalue weighted by atomic mass is 14.1. The Morgan fingerprint density at radius 2 is 1.24 bits per heavy atom. The molecule has 0 aromatic heterocycles. The second-order valence-corrected chi connectivity index (χ2v) is 7.52. The van der Waals surface area contributed by atoms with Gasteiger partial charge < -0.3 is 0 Å². The minimum Gasteiger partial charge on any atom is -0.0683 e. The van der Waals surface area contributed by atoms with E-state index in [2.05, 4.69) is 58.9 Å². The fourth-order valence-corrected chi connectivity index (χ4v) is 2.41. The molecule has 0 saturated carbocycles. The molecule has 0 unspecified atom stereocenters. The molecule has 21 heavy (non-hydrogen) atoms. The number of benzene rings is 1. The van der Waals surface area contributed by atoms with Gasteiger partial charge in [0.2, 0.25) is 0 Å². The number of rotatable bonds is 7. The van der Waals surface area contributed by atoms with E-state index in [1.807, 2.05) is 13.8 Å². The van der Waals surface area contributed by atoms with E-state index in [0.717, 1.165) is 5.92 Å². The fraction of sp³-hybridized carbons (Fsp3) is 0.714. The SMILES string of the molecule is CC.CC(C)CCCc1ccc(CCCC(C)(C)C)cc1. The number of hydrogen-bond acceptors (Lipinski definition) is 0. The monoisotopic (exact) mass is 290 g/mol. The van der Waals surface area contributed by atoms with Crippen molar-refractivity contribution < 1.29 is 0 Å². The molecule has 0 saturated heterocycles. The van der Waals surface area contributed by atoms with Gasteiger partial charge >= 0.3 is 0 Å². The number of hydrogen-bond donors (Lipinski definition) is 0. The quantitative estimate of drug-likeness (QED) is 0.504. The minimum atomic E-state index is 0.469. The Morgan fingerprint density at radius 3 is 1.62 bits per heavy atom. The third kappa shape index (κ3) is 11.5. The second-order valence-electron chi connectivity index (χ2n) is 7.52. The summed E-state index contributed by atoms with van der Waals surface area (Å²) in [5.41, 5.74) is 3.47. The van der Waals surface area contributed by atoms with Gasteiger partial charge in [0.1, 0.15) is 0 Å². The molecule has 0 heterocycles. The van der Waals surface area contributed by atoms with Crippen LogP contribution in [-0.4, -0.2) is 0 Å². The van der Waals surface area contributed by atoms with Crippen LogP contribution in [0.1, 0.15) is 85.3 Å². The maximum atomic E-state index is 2.33. The third-order valence-electron chi connectivity index (χ3n) is 3.66. The zero-order valence-electron chi connectivity index (χ0n) is 15.6. The molecule has 1 rings (SSSR count). The first-order valence-corrected chi connectivity index (χ1v) is 8.94. The van der Waals surface area contributed by atoms with Crippen molar-refractivity contribution in [1.29, 1.82) is 0 Å². The van der Waals surface area contributed by atoms with E-state index in [1.54, 1.807) is 0 Å². The molecule has 0 amide bonds. The van der Waals surface area contributed by atoms with Crippen LogP contribution in [0.15, 0.2) is 24.3 Å². The molecule has 0 heteroatoms. The molecule has 0 aliphatic carbocycles.